The summed E-state index contributed by atoms with van der Waals surface area (Å²) in [5.41, 5.74) is 5.84. The maximum Gasteiger partial charge on any atom is 0.0662 e. The van der Waals surface area contributed by atoms with Gasteiger partial charge in [-0.15, -0.1) is 0 Å². The molecule has 0 amide bonds. The Kier molecular flexibility index (Phi) is 5.46. The highest BCUT2D eigenvalue weighted by molar-refractivity contribution is 5.33. The monoisotopic (exact) mass is 386 g/mol. The Balaban J connectivity index is 1.19. The van der Waals surface area contributed by atoms with E-state index in [0.717, 1.165) is 13.1 Å². The van der Waals surface area contributed by atoms with E-state index < -0.39 is 0 Å². The minimum atomic E-state index is 0.574. The van der Waals surface area contributed by atoms with E-state index in [0.29, 0.717) is 12.1 Å². The standard InChI is InChI=1S/C25H30N4/c1-2-8-21-16-25(15-20(21)7-1)28-13-5-11-24(19-28)26-17-22-9-3-4-10-23(22)18-29-14-6-12-27-29/h1-4,6-10,12,14,24-26H,5,11,13,15-19H2/t24-/m0/s1. The molecule has 1 aliphatic carbocycles. The molecule has 1 atom stereocenters. The summed E-state index contributed by atoms with van der Waals surface area (Å²) >= 11 is 0. The molecule has 1 aromatic heterocycles. The van der Waals surface area contributed by atoms with Crippen molar-refractivity contribution in [2.24, 2.45) is 0 Å². The largest absolute Gasteiger partial charge is 0.309 e. The van der Waals surface area contributed by atoms with Crippen molar-refractivity contribution in [2.45, 2.75) is 50.9 Å². The summed E-state index contributed by atoms with van der Waals surface area (Å²) in [5.74, 6) is 0. The number of hydrogen-bond acceptors (Lipinski definition) is 3. The molecule has 4 heteroatoms. The molecule has 3 aromatic rings. The molecule has 29 heavy (non-hydrogen) atoms. The van der Waals surface area contributed by atoms with Gasteiger partial charge in [-0.1, -0.05) is 48.5 Å². The van der Waals surface area contributed by atoms with Crippen LogP contribution in [0, 0.1) is 0 Å². The summed E-state index contributed by atoms with van der Waals surface area (Å²) in [6, 6.07) is 21.0. The van der Waals surface area contributed by atoms with Gasteiger partial charge in [0.1, 0.15) is 0 Å². The number of fused-ring (bicyclic) bond motifs is 1. The van der Waals surface area contributed by atoms with E-state index in [1.54, 1.807) is 11.1 Å². The van der Waals surface area contributed by atoms with Crippen LogP contribution in [-0.2, 0) is 25.9 Å². The molecular weight excluding hydrogens is 356 g/mol. The minimum absolute atomic E-state index is 0.574. The molecule has 5 rings (SSSR count). The summed E-state index contributed by atoms with van der Waals surface area (Å²) in [4.78, 5) is 2.73. The molecule has 0 radical (unpaired) electrons. The van der Waals surface area contributed by atoms with Crippen LogP contribution in [0.15, 0.2) is 67.0 Å². The van der Waals surface area contributed by atoms with Crippen molar-refractivity contribution >= 4 is 0 Å². The maximum absolute atomic E-state index is 4.36. The van der Waals surface area contributed by atoms with Gasteiger partial charge in [0, 0.05) is 37.6 Å². The first-order chi connectivity index (χ1) is 14.3. The molecule has 1 saturated heterocycles. The first kappa shape index (κ1) is 18.6. The van der Waals surface area contributed by atoms with Crippen molar-refractivity contribution in [3.05, 3.63) is 89.2 Å². The predicted octanol–water partition coefficient (Wildman–Crippen LogP) is 3.65. The summed E-state index contributed by atoms with van der Waals surface area (Å²) in [5, 5.41) is 8.22. The number of hydrogen-bond donors (Lipinski definition) is 1. The van der Waals surface area contributed by atoms with Crippen LogP contribution in [0.1, 0.15) is 35.1 Å². The van der Waals surface area contributed by atoms with E-state index in [9.17, 15) is 0 Å². The van der Waals surface area contributed by atoms with Gasteiger partial charge in [-0.05, 0) is 60.5 Å². The quantitative estimate of drug-likeness (QED) is 0.702. The van der Waals surface area contributed by atoms with Gasteiger partial charge >= 0.3 is 0 Å². The van der Waals surface area contributed by atoms with Crippen LogP contribution < -0.4 is 5.32 Å². The zero-order valence-electron chi connectivity index (χ0n) is 17.0. The Morgan fingerprint density at radius 1 is 0.931 bits per heavy atom. The second-order valence-electron chi connectivity index (χ2n) is 8.52. The highest BCUT2D eigenvalue weighted by atomic mass is 15.3. The zero-order valence-corrected chi connectivity index (χ0v) is 17.0. The lowest BCUT2D eigenvalue weighted by molar-refractivity contribution is 0.140. The first-order valence-corrected chi connectivity index (χ1v) is 10.9. The number of piperidine rings is 1. The second-order valence-corrected chi connectivity index (χ2v) is 8.52. The average molecular weight is 387 g/mol. The minimum Gasteiger partial charge on any atom is -0.309 e. The Labute approximate surface area is 173 Å². The van der Waals surface area contributed by atoms with Crippen LogP contribution in [0.5, 0.6) is 0 Å². The van der Waals surface area contributed by atoms with Gasteiger partial charge in [0.15, 0.2) is 0 Å². The lowest BCUT2D eigenvalue weighted by atomic mass is 10.0. The average Bonchev–Trinajstić information content (AvgIpc) is 3.43. The molecule has 1 fully saturated rings. The first-order valence-electron chi connectivity index (χ1n) is 10.9. The maximum atomic E-state index is 4.36. The number of aromatic nitrogens is 2. The predicted molar refractivity (Wildman–Crippen MR) is 117 cm³/mol. The van der Waals surface area contributed by atoms with Crippen molar-refractivity contribution in [3.8, 4) is 0 Å². The highest BCUT2D eigenvalue weighted by Gasteiger charge is 2.30. The van der Waals surface area contributed by atoms with Crippen LogP contribution >= 0.6 is 0 Å². The summed E-state index contributed by atoms with van der Waals surface area (Å²) in [6.07, 6.45) is 8.88. The fourth-order valence-electron chi connectivity index (χ4n) is 5.01. The number of benzene rings is 2. The van der Waals surface area contributed by atoms with Gasteiger partial charge in [0.25, 0.3) is 0 Å². The van der Waals surface area contributed by atoms with Crippen LogP contribution in [0.3, 0.4) is 0 Å². The number of nitrogens with zero attached hydrogens (tertiary/aromatic N) is 3. The van der Waals surface area contributed by atoms with Gasteiger partial charge in [-0.2, -0.15) is 5.10 Å². The molecule has 1 aliphatic heterocycles. The zero-order chi connectivity index (χ0) is 19.5. The lowest BCUT2D eigenvalue weighted by Gasteiger charge is -2.37. The molecule has 2 aromatic carbocycles. The lowest BCUT2D eigenvalue weighted by Crippen LogP contribution is -2.49. The van der Waals surface area contributed by atoms with E-state index in [1.807, 2.05) is 23.1 Å². The number of rotatable bonds is 6. The van der Waals surface area contributed by atoms with E-state index in [4.69, 9.17) is 0 Å². The van der Waals surface area contributed by atoms with Gasteiger partial charge in [0.05, 0.1) is 6.54 Å². The van der Waals surface area contributed by atoms with Crippen LogP contribution in [0.25, 0.3) is 0 Å². The topological polar surface area (TPSA) is 33.1 Å². The Morgan fingerprint density at radius 2 is 1.69 bits per heavy atom. The van der Waals surface area contributed by atoms with Crippen molar-refractivity contribution in [2.75, 3.05) is 13.1 Å². The summed E-state index contributed by atoms with van der Waals surface area (Å²) < 4.78 is 2.00. The molecule has 150 valence electrons. The molecule has 0 spiro atoms. The molecule has 0 unspecified atom stereocenters. The fraction of sp³-hybridized carbons (Fsp3) is 0.400. The smallest absolute Gasteiger partial charge is 0.0662 e. The third-order valence-electron chi connectivity index (χ3n) is 6.59. The third kappa shape index (κ3) is 4.29. The fourth-order valence-corrected chi connectivity index (χ4v) is 5.01. The number of nitrogens with one attached hydrogen (secondary N) is 1. The number of likely N-dealkylation sites (tertiary alicyclic amines) is 1. The molecule has 2 aliphatic rings. The van der Waals surface area contributed by atoms with Crippen LogP contribution in [0.2, 0.25) is 0 Å². The highest BCUT2D eigenvalue weighted by Crippen LogP contribution is 2.27. The van der Waals surface area contributed by atoms with Gasteiger partial charge in [0.2, 0.25) is 0 Å². The van der Waals surface area contributed by atoms with Gasteiger partial charge in [-0.3, -0.25) is 9.58 Å². The summed E-state index contributed by atoms with van der Waals surface area (Å²) in [7, 11) is 0. The Bertz CT molecular complexity index is 909. The Morgan fingerprint density at radius 3 is 2.45 bits per heavy atom. The molecule has 4 nitrogen and oxygen atoms in total. The normalized spacial score (nSPS) is 20.1. The SMILES string of the molecule is c1ccc(Cn2cccn2)c(CN[C@H]2CCCN(C3Cc4ccccc4C3)C2)c1. The van der Waals surface area contributed by atoms with Gasteiger partial charge < -0.3 is 5.32 Å². The van der Waals surface area contributed by atoms with Crippen molar-refractivity contribution in [3.63, 3.8) is 0 Å². The van der Waals surface area contributed by atoms with Crippen LogP contribution in [0.4, 0.5) is 0 Å². The molecule has 0 bridgehead atoms. The van der Waals surface area contributed by atoms with E-state index >= 15 is 0 Å². The molecule has 2 heterocycles. The molecule has 0 saturated carbocycles. The van der Waals surface area contributed by atoms with Crippen molar-refractivity contribution in [1.29, 1.82) is 0 Å². The Hall–Kier alpha value is -2.43. The van der Waals surface area contributed by atoms with E-state index in [-0.39, 0.29) is 0 Å². The van der Waals surface area contributed by atoms with E-state index in [1.165, 1.54) is 49.9 Å². The van der Waals surface area contributed by atoms with E-state index in [2.05, 4.69) is 63.8 Å². The van der Waals surface area contributed by atoms with Crippen LogP contribution in [-0.4, -0.2) is 39.9 Å². The van der Waals surface area contributed by atoms with Crippen molar-refractivity contribution < 1.29 is 0 Å². The second kappa shape index (κ2) is 8.52. The van der Waals surface area contributed by atoms with Crippen molar-refractivity contribution in [1.82, 2.24) is 20.0 Å². The molecule has 1 N–H and O–H groups in total. The third-order valence-corrected chi connectivity index (χ3v) is 6.59. The van der Waals surface area contributed by atoms with Gasteiger partial charge in [-0.25, -0.2) is 0 Å². The summed E-state index contributed by atoms with van der Waals surface area (Å²) in [6.45, 7) is 4.18. The molecular formula is C25H30N4.